The average molecular weight is 261 g/mol. The van der Waals surface area contributed by atoms with Crippen LogP contribution in [0.1, 0.15) is 12.0 Å². The predicted molar refractivity (Wildman–Crippen MR) is 72.0 cm³/mol. The Morgan fingerprint density at radius 3 is 2.63 bits per heavy atom. The van der Waals surface area contributed by atoms with E-state index in [1.165, 1.54) is 0 Å². The maximum Gasteiger partial charge on any atom is 0.237 e. The highest BCUT2D eigenvalue weighted by Gasteiger charge is 2.27. The predicted octanol–water partition coefficient (Wildman–Crippen LogP) is 0.110. The topological polar surface area (TPSA) is 75.4 Å². The van der Waals surface area contributed by atoms with Crippen LogP contribution in [0.5, 0.6) is 0 Å². The molecule has 0 bridgehead atoms. The summed E-state index contributed by atoms with van der Waals surface area (Å²) in [5.41, 5.74) is 6.24. The largest absolute Gasteiger partial charge is 0.368 e. The van der Waals surface area contributed by atoms with Crippen LogP contribution in [0.3, 0.4) is 0 Å². The number of nitrogens with one attached hydrogen (secondary N) is 1. The van der Waals surface area contributed by atoms with Crippen LogP contribution in [0.4, 0.5) is 0 Å². The van der Waals surface area contributed by atoms with Crippen molar-refractivity contribution in [1.82, 2.24) is 10.2 Å². The number of hydrogen-bond donors (Lipinski definition) is 2. The molecule has 19 heavy (non-hydrogen) atoms. The Kier molecular flexibility index (Phi) is 4.52. The second-order valence-corrected chi connectivity index (χ2v) is 4.84. The zero-order valence-electron chi connectivity index (χ0n) is 10.8. The van der Waals surface area contributed by atoms with Crippen molar-refractivity contribution in [3.8, 4) is 0 Å². The Morgan fingerprint density at radius 1 is 1.32 bits per heavy atom. The molecule has 0 aliphatic carbocycles. The van der Waals surface area contributed by atoms with Crippen LogP contribution in [-0.2, 0) is 16.1 Å². The van der Waals surface area contributed by atoms with Crippen LogP contribution in [-0.4, -0.2) is 36.3 Å². The van der Waals surface area contributed by atoms with Crippen molar-refractivity contribution in [3.63, 3.8) is 0 Å². The fraction of sp³-hybridized carbons (Fsp3) is 0.429. The molecule has 2 rings (SSSR count). The maximum absolute atomic E-state index is 12.4. The molecule has 3 N–H and O–H groups in total. The minimum atomic E-state index is -0.477. The van der Waals surface area contributed by atoms with Crippen molar-refractivity contribution in [1.29, 1.82) is 0 Å². The minimum absolute atomic E-state index is 0.00709. The Hall–Kier alpha value is -1.88. The lowest BCUT2D eigenvalue weighted by atomic mass is 10.1. The van der Waals surface area contributed by atoms with Gasteiger partial charge in [-0.25, -0.2) is 0 Å². The van der Waals surface area contributed by atoms with Crippen LogP contribution < -0.4 is 11.1 Å². The summed E-state index contributed by atoms with van der Waals surface area (Å²) >= 11 is 0. The quantitative estimate of drug-likeness (QED) is 0.790. The van der Waals surface area contributed by atoms with Gasteiger partial charge in [0, 0.05) is 13.1 Å². The molecule has 1 heterocycles. The van der Waals surface area contributed by atoms with Crippen LogP contribution in [0, 0.1) is 5.92 Å². The first-order valence-corrected chi connectivity index (χ1v) is 6.48. The molecule has 5 heteroatoms. The van der Waals surface area contributed by atoms with E-state index in [9.17, 15) is 9.59 Å². The molecule has 2 amide bonds. The van der Waals surface area contributed by atoms with Crippen molar-refractivity contribution in [2.45, 2.75) is 13.0 Å². The van der Waals surface area contributed by atoms with E-state index in [1.807, 2.05) is 30.3 Å². The van der Waals surface area contributed by atoms with Gasteiger partial charge in [0.15, 0.2) is 0 Å². The standard InChI is InChI=1S/C14H19N3O2/c15-13(18)10-17(9-11-4-2-1-3-5-11)14(19)12-6-7-16-8-12/h1-5,12,16H,6-10H2,(H2,15,18). The van der Waals surface area contributed by atoms with E-state index in [1.54, 1.807) is 4.90 Å². The van der Waals surface area contributed by atoms with Gasteiger partial charge >= 0.3 is 0 Å². The molecule has 1 aromatic carbocycles. The number of nitrogens with two attached hydrogens (primary N) is 1. The first-order chi connectivity index (χ1) is 9.16. The third-order valence-electron chi connectivity index (χ3n) is 3.28. The number of carbonyl (C=O) groups is 2. The lowest BCUT2D eigenvalue weighted by molar-refractivity contribution is -0.138. The zero-order chi connectivity index (χ0) is 13.7. The van der Waals surface area contributed by atoms with E-state index in [0.29, 0.717) is 13.1 Å². The van der Waals surface area contributed by atoms with Gasteiger partial charge in [0.05, 0.1) is 12.5 Å². The van der Waals surface area contributed by atoms with E-state index in [2.05, 4.69) is 5.32 Å². The van der Waals surface area contributed by atoms with Gasteiger partial charge in [0.1, 0.15) is 0 Å². The molecule has 1 aliphatic rings. The lowest BCUT2D eigenvalue weighted by Crippen LogP contribution is -2.41. The van der Waals surface area contributed by atoms with Crippen LogP contribution in [0.15, 0.2) is 30.3 Å². The fourth-order valence-corrected chi connectivity index (χ4v) is 2.33. The van der Waals surface area contributed by atoms with Crippen LogP contribution in [0.25, 0.3) is 0 Å². The van der Waals surface area contributed by atoms with Gasteiger partial charge in [-0.15, -0.1) is 0 Å². The SMILES string of the molecule is NC(=O)CN(Cc1ccccc1)C(=O)C1CCNC1. The summed E-state index contributed by atoms with van der Waals surface area (Å²) in [6, 6.07) is 9.63. The second-order valence-electron chi connectivity index (χ2n) is 4.84. The van der Waals surface area contributed by atoms with Crippen LogP contribution >= 0.6 is 0 Å². The zero-order valence-corrected chi connectivity index (χ0v) is 10.8. The van der Waals surface area contributed by atoms with E-state index in [4.69, 9.17) is 5.73 Å². The van der Waals surface area contributed by atoms with Crippen molar-refractivity contribution >= 4 is 11.8 Å². The molecule has 1 fully saturated rings. The Balaban J connectivity index is 2.06. The van der Waals surface area contributed by atoms with Crippen molar-refractivity contribution in [2.75, 3.05) is 19.6 Å². The molecule has 1 aromatic rings. The van der Waals surface area contributed by atoms with Gasteiger partial charge in [-0.2, -0.15) is 0 Å². The average Bonchev–Trinajstić information content (AvgIpc) is 2.91. The first-order valence-electron chi connectivity index (χ1n) is 6.48. The van der Waals surface area contributed by atoms with Gasteiger partial charge in [-0.05, 0) is 18.5 Å². The molecule has 1 atom stereocenters. The van der Waals surface area contributed by atoms with Gasteiger partial charge in [0.2, 0.25) is 11.8 Å². The Bertz CT molecular complexity index is 441. The van der Waals surface area contributed by atoms with Gasteiger partial charge in [-0.3, -0.25) is 9.59 Å². The van der Waals surface area contributed by atoms with E-state index in [-0.39, 0.29) is 18.4 Å². The highest BCUT2D eigenvalue weighted by molar-refractivity contribution is 5.85. The third-order valence-corrected chi connectivity index (χ3v) is 3.28. The first kappa shape index (κ1) is 13.5. The minimum Gasteiger partial charge on any atom is -0.368 e. The van der Waals surface area contributed by atoms with Crippen molar-refractivity contribution < 1.29 is 9.59 Å². The molecule has 5 nitrogen and oxygen atoms in total. The van der Waals surface area contributed by atoms with Gasteiger partial charge in [0.25, 0.3) is 0 Å². The summed E-state index contributed by atoms with van der Waals surface area (Å²) < 4.78 is 0. The van der Waals surface area contributed by atoms with Crippen LogP contribution in [0.2, 0.25) is 0 Å². The second kappa shape index (κ2) is 6.33. The monoisotopic (exact) mass is 261 g/mol. The maximum atomic E-state index is 12.4. The smallest absolute Gasteiger partial charge is 0.237 e. The number of hydrogen-bond acceptors (Lipinski definition) is 3. The third kappa shape index (κ3) is 3.79. The number of rotatable bonds is 5. The fourth-order valence-electron chi connectivity index (χ4n) is 2.33. The molecule has 102 valence electrons. The van der Waals surface area contributed by atoms with E-state index < -0.39 is 5.91 Å². The molecule has 0 saturated carbocycles. The number of amides is 2. The van der Waals surface area contributed by atoms with E-state index >= 15 is 0 Å². The summed E-state index contributed by atoms with van der Waals surface area (Å²) in [5.74, 6) is -0.508. The molecule has 1 aliphatic heterocycles. The summed E-state index contributed by atoms with van der Waals surface area (Å²) in [5, 5.41) is 3.16. The van der Waals surface area contributed by atoms with Crippen molar-refractivity contribution in [2.24, 2.45) is 11.7 Å². The highest BCUT2D eigenvalue weighted by atomic mass is 16.2. The number of carbonyl (C=O) groups excluding carboxylic acids is 2. The van der Waals surface area contributed by atoms with Gasteiger partial charge in [-0.1, -0.05) is 30.3 Å². The highest BCUT2D eigenvalue weighted by Crippen LogP contribution is 2.14. The molecule has 1 unspecified atom stereocenters. The summed E-state index contributed by atoms with van der Waals surface area (Å²) in [4.78, 5) is 25.0. The summed E-state index contributed by atoms with van der Waals surface area (Å²) in [6.07, 6.45) is 0.822. The Morgan fingerprint density at radius 2 is 2.05 bits per heavy atom. The van der Waals surface area contributed by atoms with Gasteiger partial charge < -0.3 is 16.0 Å². The number of primary amides is 1. The molecule has 0 radical (unpaired) electrons. The lowest BCUT2D eigenvalue weighted by Gasteiger charge is -2.24. The van der Waals surface area contributed by atoms with E-state index in [0.717, 1.165) is 18.5 Å². The number of nitrogens with zero attached hydrogens (tertiary/aromatic N) is 1. The summed E-state index contributed by atoms with van der Waals surface area (Å²) in [6.45, 7) is 1.94. The Labute approximate surface area is 112 Å². The number of benzene rings is 1. The van der Waals surface area contributed by atoms with Crippen molar-refractivity contribution in [3.05, 3.63) is 35.9 Å². The molecular weight excluding hydrogens is 242 g/mol. The molecule has 0 spiro atoms. The molecular formula is C14H19N3O2. The molecule has 0 aromatic heterocycles. The summed E-state index contributed by atoms with van der Waals surface area (Å²) in [7, 11) is 0. The molecule has 1 saturated heterocycles. The normalized spacial score (nSPS) is 18.2.